The molecule has 0 saturated heterocycles. The quantitative estimate of drug-likeness (QED) is 0.673. The van der Waals surface area contributed by atoms with Crippen LogP contribution in [0.1, 0.15) is 25.3 Å². The third-order valence-electron chi connectivity index (χ3n) is 4.14. The molecular formula is C20H24N4O. The van der Waals surface area contributed by atoms with Gasteiger partial charge in [0.1, 0.15) is 5.75 Å². The van der Waals surface area contributed by atoms with E-state index >= 15 is 0 Å². The molecule has 3 aromatic rings. The fourth-order valence-corrected chi connectivity index (χ4v) is 2.64. The zero-order valence-electron chi connectivity index (χ0n) is 15.0. The van der Waals surface area contributed by atoms with Crippen LogP contribution in [0.2, 0.25) is 0 Å². The van der Waals surface area contributed by atoms with Crippen molar-refractivity contribution in [1.82, 2.24) is 14.8 Å². The first-order valence-corrected chi connectivity index (χ1v) is 8.62. The second-order valence-corrected chi connectivity index (χ2v) is 6.07. The number of nitrogens with one attached hydrogen (secondary N) is 1. The predicted molar refractivity (Wildman–Crippen MR) is 101 cm³/mol. The lowest BCUT2D eigenvalue weighted by molar-refractivity contribution is 0.415. The fraction of sp³-hybridized carbons (Fsp3) is 0.300. The maximum atomic E-state index is 5.21. The van der Waals surface area contributed by atoms with E-state index < -0.39 is 0 Å². The molecule has 1 N–H and O–H groups in total. The first-order chi connectivity index (χ1) is 12.2. The van der Waals surface area contributed by atoms with Crippen LogP contribution in [0.4, 0.5) is 11.6 Å². The SMILES string of the molecule is CCCCn1c(Nc2ccc(OC)cc2)nnc1-c1ccc(C)cc1. The van der Waals surface area contributed by atoms with Crippen molar-refractivity contribution in [2.75, 3.05) is 12.4 Å². The van der Waals surface area contributed by atoms with Crippen molar-refractivity contribution in [2.45, 2.75) is 33.2 Å². The van der Waals surface area contributed by atoms with Crippen molar-refractivity contribution in [3.8, 4) is 17.1 Å². The van der Waals surface area contributed by atoms with Crippen molar-refractivity contribution in [2.24, 2.45) is 0 Å². The Kier molecular flexibility index (Phi) is 5.33. The number of hydrogen-bond donors (Lipinski definition) is 1. The van der Waals surface area contributed by atoms with Crippen LogP contribution in [0.25, 0.3) is 11.4 Å². The third-order valence-corrected chi connectivity index (χ3v) is 4.14. The molecule has 3 rings (SSSR count). The average molecular weight is 336 g/mol. The minimum Gasteiger partial charge on any atom is -0.497 e. The molecule has 0 unspecified atom stereocenters. The Bertz CT molecular complexity index is 807. The molecule has 0 bridgehead atoms. The molecule has 0 spiro atoms. The van der Waals surface area contributed by atoms with Crippen LogP contribution in [0, 0.1) is 6.92 Å². The van der Waals surface area contributed by atoms with E-state index in [0.29, 0.717) is 0 Å². The molecule has 0 atom stereocenters. The van der Waals surface area contributed by atoms with Gasteiger partial charge in [0.25, 0.3) is 0 Å². The molecule has 0 saturated carbocycles. The smallest absolute Gasteiger partial charge is 0.229 e. The summed E-state index contributed by atoms with van der Waals surface area (Å²) in [6.07, 6.45) is 2.20. The summed E-state index contributed by atoms with van der Waals surface area (Å²) in [6, 6.07) is 16.2. The van der Waals surface area contributed by atoms with Crippen LogP contribution < -0.4 is 10.1 Å². The predicted octanol–water partition coefficient (Wildman–Crippen LogP) is 4.81. The number of methoxy groups -OCH3 is 1. The summed E-state index contributed by atoms with van der Waals surface area (Å²) in [4.78, 5) is 0. The van der Waals surface area contributed by atoms with Gasteiger partial charge in [-0.15, -0.1) is 10.2 Å². The number of rotatable bonds is 7. The minimum atomic E-state index is 0.759. The zero-order chi connectivity index (χ0) is 17.6. The van der Waals surface area contributed by atoms with E-state index in [1.165, 1.54) is 5.56 Å². The number of unbranched alkanes of at least 4 members (excludes halogenated alkanes) is 1. The van der Waals surface area contributed by atoms with Crippen molar-refractivity contribution >= 4 is 11.6 Å². The highest BCUT2D eigenvalue weighted by Gasteiger charge is 2.13. The van der Waals surface area contributed by atoms with Crippen LogP contribution >= 0.6 is 0 Å². The largest absolute Gasteiger partial charge is 0.497 e. The molecule has 1 heterocycles. The van der Waals surface area contributed by atoms with E-state index in [-0.39, 0.29) is 0 Å². The number of nitrogens with zero attached hydrogens (tertiary/aromatic N) is 3. The van der Waals surface area contributed by atoms with Gasteiger partial charge in [-0.1, -0.05) is 43.2 Å². The van der Waals surface area contributed by atoms with E-state index in [2.05, 4.69) is 58.2 Å². The number of benzene rings is 2. The highest BCUT2D eigenvalue weighted by molar-refractivity contribution is 5.61. The molecule has 0 fully saturated rings. The Hall–Kier alpha value is -2.82. The van der Waals surface area contributed by atoms with Gasteiger partial charge in [0.15, 0.2) is 5.82 Å². The molecule has 5 heteroatoms. The monoisotopic (exact) mass is 336 g/mol. The number of aryl methyl sites for hydroxylation is 1. The molecule has 0 aliphatic heterocycles. The summed E-state index contributed by atoms with van der Waals surface area (Å²) in [5, 5.41) is 12.2. The van der Waals surface area contributed by atoms with Gasteiger partial charge in [-0.3, -0.25) is 4.57 Å². The summed E-state index contributed by atoms with van der Waals surface area (Å²) >= 11 is 0. The summed E-state index contributed by atoms with van der Waals surface area (Å²) < 4.78 is 7.36. The van der Waals surface area contributed by atoms with Gasteiger partial charge in [0, 0.05) is 17.8 Å². The highest BCUT2D eigenvalue weighted by Crippen LogP contribution is 2.25. The molecule has 1 aromatic heterocycles. The Morgan fingerprint density at radius 3 is 2.36 bits per heavy atom. The Morgan fingerprint density at radius 2 is 1.72 bits per heavy atom. The van der Waals surface area contributed by atoms with Gasteiger partial charge in [0.2, 0.25) is 5.95 Å². The van der Waals surface area contributed by atoms with Crippen LogP contribution in [-0.2, 0) is 6.54 Å². The first-order valence-electron chi connectivity index (χ1n) is 8.62. The van der Waals surface area contributed by atoms with Gasteiger partial charge in [-0.05, 0) is 37.6 Å². The Balaban J connectivity index is 1.91. The highest BCUT2D eigenvalue weighted by atomic mass is 16.5. The van der Waals surface area contributed by atoms with Gasteiger partial charge in [0.05, 0.1) is 7.11 Å². The van der Waals surface area contributed by atoms with E-state index in [9.17, 15) is 0 Å². The van der Waals surface area contributed by atoms with Crippen molar-refractivity contribution in [3.63, 3.8) is 0 Å². The molecule has 5 nitrogen and oxygen atoms in total. The van der Waals surface area contributed by atoms with Gasteiger partial charge in [-0.25, -0.2) is 0 Å². The average Bonchev–Trinajstić information content (AvgIpc) is 3.03. The third kappa shape index (κ3) is 3.99. The number of ether oxygens (including phenoxy) is 1. The van der Waals surface area contributed by atoms with E-state index in [1.807, 2.05) is 24.3 Å². The van der Waals surface area contributed by atoms with E-state index in [4.69, 9.17) is 4.74 Å². The number of anilines is 2. The van der Waals surface area contributed by atoms with Crippen LogP contribution in [0.5, 0.6) is 5.75 Å². The van der Waals surface area contributed by atoms with Gasteiger partial charge >= 0.3 is 0 Å². The molecule has 25 heavy (non-hydrogen) atoms. The van der Waals surface area contributed by atoms with Crippen molar-refractivity contribution in [3.05, 3.63) is 54.1 Å². The normalized spacial score (nSPS) is 10.7. The lowest BCUT2D eigenvalue weighted by Crippen LogP contribution is -2.06. The zero-order valence-corrected chi connectivity index (χ0v) is 15.0. The minimum absolute atomic E-state index is 0.759. The topological polar surface area (TPSA) is 52.0 Å². The van der Waals surface area contributed by atoms with Gasteiger partial charge in [-0.2, -0.15) is 0 Å². The first kappa shape index (κ1) is 17.0. The van der Waals surface area contributed by atoms with Crippen LogP contribution in [-0.4, -0.2) is 21.9 Å². The molecule has 0 radical (unpaired) electrons. The molecule has 130 valence electrons. The van der Waals surface area contributed by atoms with Crippen molar-refractivity contribution in [1.29, 1.82) is 0 Å². The van der Waals surface area contributed by atoms with Gasteiger partial charge < -0.3 is 10.1 Å². The fourth-order valence-electron chi connectivity index (χ4n) is 2.64. The van der Waals surface area contributed by atoms with Crippen molar-refractivity contribution < 1.29 is 4.74 Å². The molecule has 0 aliphatic carbocycles. The maximum Gasteiger partial charge on any atom is 0.229 e. The molecule has 2 aromatic carbocycles. The molecular weight excluding hydrogens is 312 g/mol. The van der Waals surface area contributed by atoms with Crippen LogP contribution in [0.3, 0.4) is 0 Å². The second-order valence-electron chi connectivity index (χ2n) is 6.07. The number of aromatic nitrogens is 3. The van der Waals surface area contributed by atoms with Crippen LogP contribution in [0.15, 0.2) is 48.5 Å². The number of hydrogen-bond acceptors (Lipinski definition) is 4. The standard InChI is InChI=1S/C20H24N4O/c1-4-5-14-24-19(16-8-6-15(2)7-9-16)22-23-20(24)21-17-10-12-18(25-3)13-11-17/h6-13H,4-5,14H2,1-3H3,(H,21,23). The summed E-state index contributed by atoms with van der Waals surface area (Å²) in [6.45, 7) is 5.15. The summed E-state index contributed by atoms with van der Waals surface area (Å²) in [5.41, 5.74) is 3.28. The Morgan fingerprint density at radius 1 is 1.00 bits per heavy atom. The van der Waals surface area contributed by atoms with E-state index in [0.717, 1.165) is 48.2 Å². The lowest BCUT2D eigenvalue weighted by Gasteiger charge is -2.12. The molecule has 0 aliphatic rings. The summed E-state index contributed by atoms with van der Waals surface area (Å²) in [7, 11) is 1.66. The lowest BCUT2D eigenvalue weighted by atomic mass is 10.1. The summed E-state index contributed by atoms with van der Waals surface area (Å²) in [5.74, 6) is 2.48. The molecule has 0 amide bonds. The Labute approximate surface area is 148 Å². The second kappa shape index (κ2) is 7.83. The van der Waals surface area contributed by atoms with E-state index in [1.54, 1.807) is 7.11 Å². The maximum absolute atomic E-state index is 5.21.